The van der Waals surface area contributed by atoms with Gasteiger partial charge in [-0.3, -0.25) is 9.67 Å². The Kier molecular flexibility index (Phi) is 7.92. The van der Waals surface area contributed by atoms with E-state index in [1.165, 1.54) is 0 Å². The van der Waals surface area contributed by atoms with Crippen molar-refractivity contribution >= 4 is 12.2 Å². The zero-order valence-electron chi connectivity index (χ0n) is 20.6. The molecule has 7 nitrogen and oxygen atoms in total. The van der Waals surface area contributed by atoms with Crippen LogP contribution in [0.1, 0.15) is 36.3 Å². The molecule has 35 heavy (non-hydrogen) atoms. The first-order valence-corrected chi connectivity index (χ1v) is 12.2. The second-order valence-electron chi connectivity index (χ2n) is 8.22. The Morgan fingerprint density at radius 1 is 0.914 bits per heavy atom. The van der Waals surface area contributed by atoms with E-state index in [-0.39, 0.29) is 0 Å². The number of hydrogen-bond donors (Lipinski definition) is 1. The minimum absolute atomic E-state index is 0.335. The number of aromatic amines is 1. The first-order valence-electron chi connectivity index (χ1n) is 11.8. The molecule has 2 aromatic heterocycles. The van der Waals surface area contributed by atoms with Gasteiger partial charge in [0.2, 0.25) is 0 Å². The van der Waals surface area contributed by atoms with Crippen LogP contribution in [0.3, 0.4) is 0 Å². The molecule has 0 saturated heterocycles. The van der Waals surface area contributed by atoms with Crippen molar-refractivity contribution in [1.29, 1.82) is 0 Å². The van der Waals surface area contributed by atoms with Crippen molar-refractivity contribution in [3.8, 4) is 28.8 Å². The standard InChI is InChI=1S/C27H31N3O4S/c1-5-31-22-11-9-20(16-25(22)32-6-2)13-14-30-26(28-29-27(30)35)23-12-10-21(34-23)17-33-24-15-18(3)7-8-19(24)4/h7-12,15-16H,5-6,13-14,17H2,1-4H3,(H,29,35). The van der Waals surface area contributed by atoms with E-state index in [1.54, 1.807) is 0 Å². The molecule has 4 aromatic rings. The summed E-state index contributed by atoms with van der Waals surface area (Å²) in [4.78, 5) is 0. The average Bonchev–Trinajstić information content (AvgIpc) is 3.46. The molecule has 0 aliphatic heterocycles. The number of aryl methyl sites for hydroxylation is 3. The third-order valence-electron chi connectivity index (χ3n) is 5.59. The fourth-order valence-electron chi connectivity index (χ4n) is 3.79. The van der Waals surface area contributed by atoms with Crippen LogP contribution in [0.5, 0.6) is 17.2 Å². The van der Waals surface area contributed by atoms with Gasteiger partial charge in [0, 0.05) is 6.54 Å². The molecule has 0 aliphatic rings. The number of aromatic nitrogens is 3. The summed E-state index contributed by atoms with van der Waals surface area (Å²) in [6.45, 7) is 10.1. The van der Waals surface area contributed by atoms with Crippen LogP contribution >= 0.6 is 12.2 Å². The highest BCUT2D eigenvalue weighted by atomic mass is 32.1. The number of rotatable bonds is 11. The summed E-state index contributed by atoms with van der Waals surface area (Å²) in [6, 6.07) is 16.0. The van der Waals surface area contributed by atoms with Gasteiger partial charge >= 0.3 is 0 Å². The maximum absolute atomic E-state index is 6.05. The van der Waals surface area contributed by atoms with Gasteiger partial charge in [0.05, 0.1) is 13.2 Å². The van der Waals surface area contributed by atoms with Crippen LogP contribution in [-0.4, -0.2) is 28.0 Å². The van der Waals surface area contributed by atoms with Crippen molar-refractivity contribution in [1.82, 2.24) is 14.8 Å². The molecule has 1 N–H and O–H groups in total. The van der Waals surface area contributed by atoms with Crippen molar-refractivity contribution in [2.75, 3.05) is 13.2 Å². The summed E-state index contributed by atoms with van der Waals surface area (Å²) >= 11 is 5.49. The highest BCUT2D eigenvalue weighted by Crippen LogP contribution is 2.29. The molecule has 0 amide bonds. The topological polar surface area (TPSA) is 74.4 Å². The molecule has 0 aliphatic carbocycles. The van der Waals surface area contributed by atoms with Crippen LogP contribution in [0.15, 0.2) is 52.9 Å². The molecule has 0 saturated carbocycles. The molecule has 8 heteroatoms. The van der Waals surface area contributed by atoms with Gasteiger partial charge in [0.25, 0.3) is 0 Å². The third-order valence-corrected chi connectivity index (χ3v) is 5.90. The van der Waals surface area contributed by atoms with E-state index >= 15 is 0 Å². The van der Waals surface area contributed by atoms with E-state index in [9.17, 15) is 0 Å². The highest BCUT2D eigenvalue weighted by molar-refractivity contribution is 7.71. The molecule has 0 bridgehead atoms. The molecular weight excluding hydrogens is 462 g/mol. The number of H-pyrrole nitrogens is 1. The van der Waals surface area contributed by atoms with Crippen LogP contribution in [0.25, 0.3) is 11.6 Å². The van der Waals surface area contributed by atoms with Gasteiger partial charge in [0.1, 0.15) is 18.1 Å². The van der Waals surface area contributed by atoms with E-state index in [2.05, 4.69) is 22.3 Å². The number of nitrogens with one attached hydrogen (secondary N) is 1. The Bertz CT molecular complexity index is 1340. The zero-order chi connectivity index (χ0) is 24.8. The van der Waals surface area contributed by atoms with Gasteiger partial charge in [-0.2, -0.15) is 5.10 Å². The Labute approximate surface area is 210 Å². The fraction of sp³-hybridized carbons (Fsp3) is 0.333. The van der Waals surface area contributed by atoms with E-state index in [1.807, 2.05) is 68.7 Å². The zero-order valence-corrected chi connectivity index (χ0v) is 21.4. The quantitative estimate of drug-likeness (QED) is 0.243. The van der Waals surface area contributed by atoms with Gasteiger partial charge in [-0.25, -0.2) is 0 Å². The molecule has 0 fully saturated rings. The van der Waals surface area contributed by atoms with Gasteiger partial charge in [0.15, 0.2) is 27.9 Å². The molecule has 184 valence electrons. The van der Waals surface area contributed by atoms with E-state index in [4.69, 9.17) is 30.8 Å². The van der Waals surface area contributed by atoms with Crippen LogP contribution in [-0.2, 0) is 19.6 Å². The predicted molar refractivity (Wildman–Crippen MR) is 138 cm³/mol. The highest BCUT2D eigenvalue weighted by Gasteiger charge is 2.15. The lowest BCUT2D eigenvalue weighted by atomic mass is 10.1. The normalized spacial score (nSPS) is 11.0. The van der Waals surface area contributed by atoms with E-state index < -0.39 is 0 Å². The van der Waals surface area contributed by atoms with Crippen LogP contribution in [0, 0.1) is 18.6 Å². The minimum Gasteiger partial charge on any atom is -0.490 e. The molecule has 2 aromatic carbocycles. The summed E-state index contributed by atoms with van der Waals surface area (Å²) in [5.41, 5.74) is 3.36. The van der Waals surface area contributed by atoms with E-state index in [0.717, 1.165) is 40.4 Å². The third kappa shape index (κ3) is 5.95. The first kappa shape index (κ1) is 24.6. The second-order valence-corrected chi connectivity index (χ2v) is 8.61. The van der Waals surface area contributed by atoms with Crippen LogP contribution < -0.4 is 14.2 Å². The Morgan fingerprint density at radius 2 is 1.71 bits per heavy atom. The number of hydrogen-bond acceptors (Lipinski definition) is 6. The average molecular weight is 494 g/mol. The lowest BCUT2D eigenvalue weighted by Crippen LogP contribution is -2.05. The van der Waals surface area contributed by atoms with E-state index in [0.29, 0.717) is 48.5 Å². The summed E-state index contributed by atoms with van der Waals surface area (Å²) in [6.07, 6.45) is 0.747. The molecule has 4 rings (SSSR count). The summed E-state index contributed by atoms with van der Waals surface area (Å²) in [5.74, 6) is 4.37. The number of benzene rings is 2. The Morgan fingerprint density at radius 3 is 2.51 bits per heavy atom. The summed E-state index contributed by atoms with van der Waals surface area (Å²) in [7, 11) is 0. The largest absolute Gasteiger partial charge is 0.490 e. The maximum Gasteiger partial charge on any atom is 0.198 e. The molecular formula is C27H31N3O4S. The SMILES string of the molecule is CCOc1ccc(CCn2c(-c3ccc(COc4cc(C)ccc4C)o3)n[nH]c2=S)cc1OCC. The van der Waals surface area contributed by atoms with Crippen molar-refractivity contribution < 1.29 is 18.6 Å². The van der Waals surface area contributed by atoms with Gasteiger partial charge in [-0.05, 0) is 93.4 Å². The molecule has 2 heterocycles. The Balaban J connectivity index is 1.46. The summed E-state index contributed by atoms with van der Waals surface area (Å²) in [5, 5.41) is 7.30. The molecule has 0 radical (unpaired) electrons. The molecule has 0 atom stereocenters. The molecule has 0 spiro atoms. The van der Waals surface area contributed by atoms with Crippen molar-refractivity contribution in [3.05, 3.63) is 75.8 Å². The monoisotopic (exact) mass is 493 g/mol. The Hall–Kier alpha value is -3.52. The van der Waals surface area contributed by atoms with Crippen molar-refractivity contribution in [3.63, 3.8) is 0 Å². The fourth-order valence-corrected chi connectivity index (χ4v) is 4.02. The molecule has 0 unspecified atom stereocenters. The van der Waals surface area contributed by atoms with Crippen LogP contribution in [0.4, 0.5) is 0 Å². The maximum atomic E-state index is 6.05. The van der Waals surface area contributed by atoms with Gasteiger partial charge in [-0.15, -0.1) is 0 Å². The van der Waals surface area contributed by atoms with Crippen molar-refractivity contribution in [2.45, 2.75) is 47.3 Å². The number of furan rings is 1. The second kappa shape index (κ2) is 11.3. The van der Waals surface area contributed by atoms with Gasteiger partial charge in [-0.1, -0.05) is 18.2 Å². The van der Waals surface area contributed by atoms with Gasteiger partial charge < -0.3 is 18.6 Å². The minimum atomic E-state index is 0.335. The number of nitrogens with zero attached hydrogens (tertiary/aromatic N) is 2. The lowest BCUT2D eigenvalue weighted by molar-refractivity contribution is 0.270. The summed E-state index contributed by atoms with van der Waals surface area (Å²) < 4.78 is 25.9. The van der Waals surface area contributed by atoms with Crippen LogP contribution in [0.2, 0.25) is 0 Å². The first-order chi connectivity index (χ1) is 17.0. The van der Waals surface area contributed by atoms with Crippen molar-refractivity contribution in [2.24, 2.45) is 0 Å². The number of ether oxygens (including phenoxy) is 3. The predicted octanol–water partition coefficient (Wildman–Crippen LogP) is 6.44. The lowest BCUT2D eigenvalue weighted by Gasteiger charge is -2.13. The smallest absolute Gasteiger partial charge is 0.198 e.